The fraction of sp³-hybridized carbons (Fsp3) is 0.471. The van der Waals surface area contributed by atoms with Gasteiger partial charge in [-0.3, -0.25) is 4.90 Å². The van der Waals surface area contributed by atoms with Crippen LogP contribution in [-0.4, -0.2) is 49.4 Å². The van der Waals surface area contributed by atoms with Crippen molar-refractivity contribution in [2.45, 2.75) is 44.3 Å². The highest BCUT2D eigenvalue weighted by Crippen LogP contribution is 2.34. The summed E-state index contributed by atoms with van der Waals surface area (Å²) in [4.78, 5) is 2.64. The van der Waals surface area contributed by atoms with Gasteiger partial charge in [-0.1, -0.05) is 0 Å². The van der Waals surface area contributed by atoms with Crippen LogP contribution in [0, 0.1) is 0 Å². The number of thiophene rings is 1. The minimum Gasteiger partial charge on any atom is -0.365 e. The molecule has 2 unspecified atom stereocenters. The molecular formula is C17H20N6S. The van der Waals surface area contributed by atoms with E-state index in [0.717, 1.165) is 35.4 Å². The maximum Gasteiger partial charge on any atom is 0.186 e. The van der Waals surface area contributed by atoms with Gasteiger partial charge in [-0.15, -0.1) is 15.3 Å². The summed E-state index contributed by atoms with van der Waals surface area (Å²) in [5.74, 6) is 1.70. The van der Waals surface area contributed by atoms with Crippen molar-refractivity contribution in [2.24, 2.45) is 0 Å². The monoisotopic (exact) mass is 340 g/mol. The van der Waals surface area contributed by atoms with Gasteiger partial charge in [0.05, 0.1) is 0 Å². The molecule has 0 aromatic carbocycles. The summed E-state index contributed by atoms with van der Waals surface area (Å²) in [6, 6.07) is 7.99. The molecule has 1 saturated heterocycles. The van der Waals surface area contributed by atoms with E-state index in [-0.39, 0.29) is 0 Å². The molecule has 0 radical (unpaired) electrons. The molecule has 3 aromatic rings. The fourth-order valence-electron chi connectivity index (χ4n) is 3.72. The second-order valence-electron chi connectivity index (χ2n) is 6.88. The maximum atomic E-state index is 4.73. The predicted octanol–water partition coefficient (Wildman–Crippen LogP) is 2.89. The molecule has 124 valence electrons. The molecule has 4 heterocycles. The number of hydrogen-bond donors (Lipinski definition) is 1. The van der Waals surface area contributed by atoms with Gasteiger partial charge in [-0.25, -0.2) is 0 Å². The highest BCUT2D eigenvalue weighted by molar-refractivity contribution is 7.08. The Kier molecular flexibility index (Phi) is 3.31. The third kappa shape index (κ3) is 2.48. The van der Waals surface area contributed by atoms with E-state index < -0.39 is 0 Å². The van der Waals surface area contributed by atoms with Crippen LogP contribution >= 0.6 is 11.3 Å². The summed E-state index contributed by atoms with van der Waals surface area (Å²) in [6.45, 7) is 3.45. The van der Waals surface area contributed by atoms with Gasteiger partial charge in [0.1, 0.15) is 5.82 Å². The van der Waals surface area contributed by atoms with Gasteiger partial charge in [0, 0.05) is 35.6 Å². The van der Waals surface area contributed by atoms with Gasteiger partial charge in [0.2, 0.25) is 0 Å². The van der Waals surface area contributed by atoms with Crippen LogP contribution in [0.4, 0.5) is 5.82 Å². The van der Waals surface area contributed by atoms with Crippen LogP contribution in [0.1, 0.15) is 26.2 Å². The van der Waals surface area contributed by atoms with E-state index in [9.17, 15) is 0 Å². The first-order valence-corrected chi connectivity index (χ1v) is 9.49. The number of aromatic nitrogens is 4. The highest BCUT2D eigenvalue weighted by atomic mass is 32.1. The van der Waals surface area contributed by atoms with Crippen molar-refractivity contribution in [3.05, 3.63) is 29.0 Å². The summed E-state index contributed by atoms with van der Waals surface area (Å²) in [5.41, 5.74) is 1.84. The molecule has 3 aromatic heterocycles. The molecule has 0 amide bonds. The average molecular weight is 340 g/mol. The number of anilines is 1. The smallest absolute Gasteiger partial charge is 0.186 e. The SMILES string of the molecule is CC1CC(Nc2ccc3nnc(-c4ccsc4)n3n2)CN1C1CC1. The summed E-state index contributed by atoms with van der Waals surface area (Å²) in [7, 11) is 0. The lowest BCUT2D eigenvalue weighted by Gasteiger charge is -2.19. The second-order valence-corrected chi connectivity index (χ2v) is 7.66. The summed E-state index contributed by atoms with van der Waals surface area (Å²) in [5, 5.41) is 21.0. The van der Waals surface area contributed by atoms with Gasteiger partial charge in [0.25, 0.3) is 0 Å². The van der Waals surface area contributed by atoms with Gasteiger partial charge in [0.15, 0.2) is 11.5 Å². The number of rotatable bonds is 4. The van der Waals surface area contributed by atoms with Crippen molar-refractivity contribution >= 4 is 22.8 Å². The normalized spacial score (nSPS) is 24.7. The second kappa shape index (κ2) is 5.53. The summed E-state index contributed by atoms with van der Waals surface area (Å²) in [6.07, 6.45) is 3.91. The van der Waals surface area contributed by atoms with Gasteiger partial charge < -0.3 is 5.32 Å². The van der Waals surface area contributed by atoms with Crippen LogP contribution in [0.5, 0.6) is 0 Å². The molecule has 6 nitrogen and oxygen atoms in total. The number of hydrogen-bond acceptors (Lipinski definition) is 6. The number of likely N-dealkylation sites (tertiary alicyclic amines) is 1. The molecule has 1 N–H and O–H groups in total. The quantitative estimate of drug-likeness (QED) is 0.791. The number of fused-ring (bicyclic) bond motifs is 1. The van der Waals surface area contributed by atoms with Crippen molar-refractivity contribution in [1.29, 1.82) is 0 Å². The molecule has 7 heteroatoms. The largest absolute Gasteiger partial charge is 0.365 e. The molecule has 1 aliphatic carbocycles. The lowest BCUT2D eigenvalue weighted by Crippen LogP contribution is -2.31. The highest BCUT2D eigenvalue weighted by Gasteiger charge is 2.38. The van der Waals surface area contributed by atoms with E-state index in [2.05, 4.69) is 38.8 Å². The summed E-state index contributed by atoms with van der Waals surface area (Å²) >= 11 is 1.66. The van der Waals surface area contributed by atoms with Crippen LogP contribution in [0.15, 0.2) is 29.0 Å². The Bertz CT molecular complexity index is 853. The Morgan fingerprint density at radius 3 is 2.92 bits per heavy atom. The number of nitrogens with zero attached hydrogens (tertiary/aromatic N) is 5. The van der Waals surface area contributed by atoms with Crippen molar-refractivity contribution in [2.75, 3.05) is 11.9 Å². The van der Waals surface area contributed by atoms with Gasteiger partial charge in [-0.2, -0.15) is 15.9 Å². The van der Waals surface area contributed by atoms with Gasteiger partial charge in [-0.05, 0) is 49.8 Å². The van der Waals surface area contributed by atoms with E-state index in [1.807, 2.05) is 22.0 Å². The molecule has 2 aliphatic rings. The van der Waals surface area contributed by atoms with Crippen molar-refractivity contribution < 1.29 is 0 Å². The molecule has 1 saturated carbocycles. The van der Waals surface area contributed by atoms with Crippen molar-refractivity contribution in [1.82, 2.24) is 24.7 Å². The van der Waals surface area contributed by atoms with Crippen molar-refractivity contribution in [3.8, 4) is 11.4 Å². The average Bonchev–Trinajstić information content (AvgIpc) is 2.98. The first-order valence-electron chi connectivity index (χ1n) is 8.55. The Morgan fingerprint density at radius 2 is 2.12 bits per heavy atom. The zero-order chi connectivity index (χ0) is 16.1. The lowest BCUT2D eigenvalue weighted by atomic mass is 10.2. The predicted molar refractivity (Wildman–Crippen MR) is 95.3 cm³/mol. The minimum atomic E-state index is 0.464. The van der Waals surface area contributed by atoms with E-state index in [1.54, 1.807) is 11.3 Å². The molecule has 24 heavy (non-hydrogen) atoms. The Morgan fingerprint density at radius 1 is 1.21 bits per heavy atom. The topological polar surface area (TPSA) is 58.4 Å². The molecule has 0 bridgehead atoms. The Labute approximate surface area is 144 Å². The molecule has 0 spiro atoms. The Hall–Kier alpha value is -1.99. The van der Waals surface area contributed by atoms with E-state index in [1.165, 1.54) is 19.3 Å². The van der Waals surface area contributed by atoms with Crippen LogP contribution in [-0.2, 0) is 0 Å². The van der Waals surface area contributed by atoms with Crippen LogP contribution in [0.3, 0.4) is 0 Å². The van der Waals surface area contributed by atoms with E-state index >= 15 is 0 Å². The summed E-state index contributed by atoms with van der Waals surface area (Å²) < 4.78 is 1.83. The fourth-order valence-corrected chi connectivity index (χ4v) is 4.36. The first-order chi connectivity index (χ1) is 11.8. The molecule has 2 fully saturated rings. The van der Waals surface area contributed by atoms with Crippen molar-refractivity contribution in [3.63, 3.8) is 0 Å². The molecule has 1 aliphatic heterocycles. The van der Waals surface area contributed by atoms with Crippen LogP contribution in [0.2, 0.25) is 0 Å². The molecular weight excluding hydrogens is 320 g/mol. The standard InChI is InChI=1S/C17H20N6S/c1-11-8-13(9-22(11)14-2-3-14)18-15-4-5-16-19-20-17(23(16)21-15)12-6-7-24-10-12/h4-7,10-11,13-14H,2-3,8-9H2,1H3,(H,18,21). The minimum absolute atomic E-state index is 0.464. The van der Waals surface area contributed by atoms with Crippen LogP contribution < -0.4 is 5.32 Å². The third-order valence-corrected chi connectivity index (χ3v) is 5.72. The maximum absolute atomic E-state index is 4.73. The molecule has 2 atom stereocenters. The zero-order valence-electron chi connectivity index (χ0n) is 13.6. The van der Waals surface area contributed by atoms with E-state index in [0.29, 0.717) is 12.1 Å². The van der Waals surface area contributed by atoms with Crippen LogP contribution in [0.25, 0.3) is 17.0 Å². The Balaban J connectivity index is 1.40. The van der Waals surface area contributed by atoms with Gasteiger partial charge >= 0.3 is 0 Å². The number of nitrogens with one attached hydrogen (secondary N) is 1. The van der Waals surface area contributed by atoms with E-state index in [4.69, 9.17) is 5.10 Å². The molecule has 5 rings (SSSR count). The lowest BCUT2D eigenvalue weighted by molar-refractivity contribution is 0.257. The third-order valence-electron chi connectivity index (χ3n) is 5.03. The first kappa shape index (κ1) is 14.4. The zero-order valence-corrected chi connectivity index (χ0v) is 14.4.